The number of alkyl carbamates (subject to hydrolysis) is 1. The topological polar surface area (TPSA) is 123 Å². The number of carbonyl (C=O) groups excluding carboxylic acids is 2. The molecule has 0 heterocycles. The van der Waals surface area contributed by atoms with Gasteiger partial charge in [0.25, 0.3) is 0 Å². The van der Waals surface area contributed by atoms with Gasteiger partial charge in [-0.3, -0.25) is 9.52 Å². The van der Waals surface area contributed by atoms with Crippen LogP contribution in [0.5, 0.6) is 17.2 Å². The Bertz CT molecular complexity index is 1840. The van der Waals surface area contributed by atoms with E-state index in [2.05, 4.69) is 37.7 Å². The maximum atomic E-state index is 12.8. The third kappa shape index (κ3) is 11.6. The highest BCUT2D eigenvalue weighted by Gasteiger charge is 2.20. The zero-order valence-corrected chi connectivity index (χ0v) is 28.7. The fourth-order valence-corrected chi connectivity index (χ4v) is 5.78. The monoisotopic (exact) mass is 683 g/mol. The van der Waals surface area contributed by atoms with Crippen LogP contribution in [0, 0.1) is 25.2 Å². The zero-order chi connectivity index (χ0) is 35.2. The van der Waals surface area contributed by atoms with Crippen LogP contribution in [0.3, 0.4) is 0 Å². The Morgan fingerprint density at radius 2 is 1.47 bits per heavy atom. The standard InChI is InChI=1S/C38H41N3O7S/c1-5-11-31(14-10-25-39-38(43)46-3)37(42)48-34-23-21-33(22-24-34)47-32-19-17-30(18-20-32)27-41(26-29-12-7-6-8-13-29)36-16-9-15-35(28(36)2)40-49(4,44)45/h1,6-9,12-13,15-24,31,40H,10-11,14,25-27H2,2-4H3,(H,39,43). The number of benzene rings is 4. The summed E-state index contributed by atoms with van der Waals surface area (Å²) in [5.41, 5.74) is 4.45. The van der Waals surface area contributed by atoms with Gasteiger partial charge in [-0.25, -0.2) is 13.2 Å². The summed E-state index contributed by atoms with van der Waals surface area (Å²) in [5.74, 6) is 3.15. The van der Waals surface area contributed by atoms with E-state index in [1.54, 1.807) is 30.3 Å². The molecule has 0 bridgehead atoms. The summed E-state index contributed by atoms with van der Waals surface area (Å²) in [6, 6.07) is 30.2. The van der Waals surface area contributed by atoms with Crippen molar-refractivity contribution in [3.63, 3.8) is 0 Å². The lowest BCUT2D eigenvalue weighted by atomic mass is 10.00. The van der Waals surface area contributed by atoms with Crippen molar-refractivity contribution in [2.24, 2.45) is 5.92 Å². The summed E-state index contributed by atoms with van der Waals surface area (Å²) in [6.07, 6.45) is 7.31. The number of ether oxygens (including phenoxy) is 3. The molecule has 11 heteroatoms. The summed E-state index contributed by atoms with van der Waals surface area (Å²) in [6.45, 7) is 3.46. The number of anilines is 2. The second kappa shape index (κ2) is 17.6. The third-order valence-corrected chi connectivity index (χ3v) is 8.20. The molecule has 0 aliphatic carbocycles. The van der Waals surface area contributed by atoms with Gasteiger partial charge in [-0.1, -0.05) is 48.5 Å². The highest BCUT2D eigenvalue weighted by atomic mass is 32.2. The maximum absolute atomic E-state index is 12.8. The molecule has 2 N–H and O–H groups in total. The van der Waals surface area contributed by atoms with Gasteiger partial charge in [0.2, 0.25) is 10.0 Å². The quantitative estimate of drug-likeness (QED) is 0.0558. The van der Waals surface area contributed by atoms with Crippen LogP contribution in [0.2, 0.25) is 0 Å². The lowest BCUT2D eigenvalue weighted by Crippen LogP contribution is -2.26. The molecule has 1 atom stereocenters. The molecule has 1 amide bonds. The van der Waals surface area contributed by atoms with Crippen LogP contribution in [-0.2, 0) is 32.6 Å². The van der Waals surface area contributed by atoms with E-state index in [9.17, 15) is 18.0 Å². The molecule has 0 radical (unpaired) electrons. The van der Waals surface area contributed by atoms with Gasteiger partial charge in [0, 0.05) is 31.7 Å². The largest absolute Gasteiger partial charge is 0.457 e. The van der Waals surface area contributed by atoms with E-state index in [0.717, 1.165) is 28.6 Å². The number of carbonyl (C=O) groups is 2. The van der Waals surface area contributed by atoms with Crippen LogP contribution in [-0.4, -0.2) is 40.4 Å². The molecule has 0 saturated carbocycles. The average Bonchev–Trinajstić information content (AvgIpc) is 3.08. The van der Waals surface area contributed by atoms with Crippen molar-refractivity contribution in [3.8, 4) is 29.6 Å². The minimum atomic E-state index is -3.44. The predicted molar refractivity (Wildman–Crippen MR) is 191 cm³/mol. The number of methoxy groups -OCH3 is 1. The number of terminal acetylenes is 1. The van der Waals surface area contributed by atoms with E-state index >= 15 is 0 Å². The van der Waals surface area contributed by atoms with Crippen molar-refractivity contribution in [2.75, 3.05) is 29.5 Å². The van der Waals surface area contributed by atoms with E-state index in [1.807, 2.05) is 61.5 Å². The molecule has 256 valence electrons. The van der Waals surface area contributed by atoms with Gasteiger partial charge in [-0.05, 0) is 85.0 Å². The number of amides is 1. The Hall–Kier alpha value is -5.47. The minimum Gasteiger partial charge on any atom is -0.457 e. The van der Waals surface area contributed by atoms with E-state index in [1.165, 1.54) is 7.11 Å². The first-order valence-electron chi connectivity index (χ1n) is 15.7. The van der Waals surface area contributed by atoms with Crippen LogP contribution < -0.4 is 24.4 Å². The molecule has 0 fully saturated rings. The minimum absolute atomic E-state index is 0.227. The molecule has 1 unspecified atom stereocenters. The van der Waals surface area contributed by atoms with Crippen molar-refractivity contribution in [1.82, 2.24) is 5.32 Å². The first-order valence-corrected chi connectivity index (χ1v) is 17.6. The molecule has 0 aliphatic heterocycles. The Morgan fingerprint density at radius 1 is 0.857 bits per heavy atom. The SMILES string of the molecule is C#CCC(CCCNC(=O)OC)C(=O)Oc1ccc(Oc2ccc(CN(Cc3ccccc3)c3cccc(NS(C)(=O)=O)c3C)cc2)cc1. The number of nitrogens with one attached hydrogen (secondary N) is 2. The molecule has 10 nitrogen and oxygen atoms in total. The second-order valence-corrected chi connectivity index (χ2v) is 13.2. The highest BCUT2D eigenvalue weighted by Crippen LogP contribution is 2.31. The van der Waals surface area contributed by atoms with Crippen LogP contribution in [0.4, 0.5) is 16.2 Å². The molecule has 4 aromatic carbocycles. The van der Waals surface area contributed by atoms with Crippen molar-refractivity contribution >= 4 is 33.5 Å². The molecule has 0 aromatic heterocycles. The van der Waals surface area contributed by atoms with Gasteiger partial charge in [0.05, 0.1) is 25.0 Å². The van der Waals surface area contributed by atoms with E-state index in [0.29, 0.717) is 55.4 Å². The first-order chi connectivity index (χ1) is 23.5. The zero-order valence-electron chi connectivity index (χ0n) is 27.8. The van der Waals surface area contributed by atoms with Gasteiger partial charge >= 0.3 is 12.1 Å². The molecule has 4 rings (SSSR count). The van der Waals surface area contributed by atoms with E-state index < -0.39 is 28.0 Å². The van der Waals surface area contributed by atoms with Crippen molar-refractivity contribution in [2.45, 2.75) is 39.3 Å². The maximum Gasteiger partial charge on any atom is 0.406 e. The van der Waals surface area contributed by atoms with Crippen LogP contribution >= 0.6 is 0 Å². The van der Waals surface area contributed by atoms with Crippen molar-refractivity contribution in [1.29, 1.82) is 0 Å². The highest BCUT2D eigenvalue weighted by molar-refractivity contribution is 7.92. The number of hydrogen-bond donors (Lipinski definition) is 2. The van der Waals surface area contributed by atoms with Gasteiger partial charge in [-0.2, -0.15) is 0 Å². The van der Waals surface area contributed by atoms with E-state index in [-0.39, 0.29) is 6.42 Å². The lowest BCUT2D eigenvalue weighted by Gasteiger charge is -2.28. The van der Waals surface area contributed by atoms with Gasteiger partial charge in [0.1, 0.15) is 17.2 Å². The fourth-order valence-electron chi connectivity index (χ4n) is 5.16. The molecule has 49 heavy (non-hydrogen) atoms. The Kier molecular flexibility index (Phi) is 13.1. The van der Waals surface area contributed by atoms with Crippen LogP contribution in [0.15, 0.2) is 97.1 Å². The Morgan fingerprint density at radius 3 is 2.08 bits per heavy atom. The number of hydrogen-bond acceptors (Lipinski definition) is 8. The first kappa shape index (κ1) is 36.4. The lowest BCUT2D eigenvalue weighted by molar-refractivity contribution is -0.139. The van der Waals surface area contributed by atoms with Crippen molar-refractivity contribution in [3.05, 3.63) is 114 Å². The normalized spacial score (nSPS) is 11.5. The summed E-state index contributed by atoms with van der Waals surface area (Å²) in [5, 5.41) is 2.58. The number of rotatable bonds is 16. The smallest absolute Gasteiger partial charge is 0.406 e. The molecular formula is C38H41N3O7S. The number of nitrogens with zero attached hydrogens (tertiary/aromatic N) is 1. The van der Waals surface area contributed by atoms with Crippen molar-refractivity contribution < 1.29 is 32.2 Å². The summed E-state index contributed by atoms with van der Waals surface area (Å²) in [7, 11) is -2.15. The average molecular weight is 684 g/mol. The van der Waals surface area contributed by atoms with E-state index in [4.69, 9.17) is 15.9 Å². The molecule has 0 saturated heterocycles. The number of sulfonamides is 1. The molecule has 0 aliphatic rings. The molecule has 4 aromatic rings. The van der Waals surface area contributed by atoms with Gasteiger partial charge in [-0.15, -0.1) is 12.3 Å². The Balaban J connectivity index is 1.39. The van der Waals surface area contributed by atoms with Gasteiger partial charge < -0.3 is 24.4 Å². The third-order valence-electron chi connectivity index (χ3n) is 7.61. The Labute approximate surface area is 288 Å². The fraction of sp³-hybridized carbons (Fsp3) is 0.263. The predicted octanol–water partition coefficient (Wildman–Crippen LogP) is 7.05. The van der Waals surface area contributed by atoms with Crippen LogP contribution in [0.25, 0.3) is 0 Å². The van der Waals surface area contributed by atoms with Gasteiger partial charge in [0.15, 0.2) is 0 Å². The molecular weight excluding hydrogens is 642 g/mol. The van der Waals surface area contributed by atoms with Crippen LogP contribution in [0.1, 0.15) is 36.0 Å². The summed E-state index contributed by atoms with van der Waals surface area (Å²) in [4.78, 5) is 26.2. The summed E-state index contributed by atoms with van der Waals surface area (Å²) >= 11 is 0. The molecule has 0 spiro atoms. The summed E-state index contributed by atoms with van der Waals surface area (Å²) < 4.78 is 42.7. The number of esters is 1. The second-order valence-electron chi connectivity index (χ2n) is 11.5.